The summed E-state index contributed by atoms with van der Waals surface area (Å²) >= 11 is 3.43. The molecule has 0 heterocycles. The molecule has 0 bridgehead atoms. The van der Waals surface area contributed by atoms with Crippen molar-refractivity contribution in [2.45, 2.75) is 163 Å². The quantitative estimate of drug-likeness (QED) is 0.0414. The topological polar surface area (TPSA) is 101 Å². The van der Waals surface area contributed by atoms with E-state index in [9.17, 15) is 31.3 Å². The van der Waals surface area contributed by atoms with Crippen molar-refractivity contribution in [2.75, 3.05) is 18.2 Å². The second-order valence-corrected chi connectivity index (χ2v) is 16.5. The molecule has 2 saturated carbocycles. The number of ether oxygens (including phenoxy) is 1. The van der Waals surface area contributed by atoms with Crippen LogP contribution < -0.4 is 0 Å². The molecule has 0 aromatic carbocycles. The van der Waals surface area contributed by atoms with Crippen molar-refractivity contribution in [3.8, 4) is 0 Å². The van der Waals surface area contributed by atoms with Crippen LogP contribution in [0.4, 0.5) is 8.78 Å². The van der Waals surface area contributed by atoms with Crippen LogP contribution in [0.15, 0.2) is 0 Å². The molecule has 2 unspecified atom stereocenters. The van der Waals surface area contributed by atoms with Gasteiger partial charge in [-0.25, -0.2) is 13.2 Å². The van der Waals surface area contributed by atoms with Crippen molar-refractivity contribution in [1.29, 1.82) is 0 Å². The second-order valence-electron chi connectivity index (χ2n) is 11.8. The Morgan fingerprint density at radius 1 is 0.833 bits per heavy atom. The van der Waals surface area contributed by atoms with E-state index in [0.717, 1.165) is 42.7 Å². The number of esters is 1. The van der Waals surface area contributed by atoms with E-state index in [0.29, 0.717) is 34.8 Å². The average molecular weight is 706 g/mol. The monoisotopic (exact) mass is 704 g/mol. The lowest BCUT2D eigenvalue weighted by molar-refractivity contribution is -0.161. The van der Waals surface area contributed by atoms with E-state index < -0.39 is 21.3 Å². The molecule has 0 aliphatic heterocycles. The number of rotatable bonds is 20. The van der Waals surface area contributed by atoms with Crippen LogP contribution in [0.3, 0.4) is 0 Å². The zero-order valence-corrected chi connectivity index (χ0v) is 29.0. The molecule has 2 fully saturated rings. The number of alkyl halides is 3. The van der Waals surface area contributed by atoms with Gasteiger partial charge in [-0.05, 0) is 62.3 Å². The summed E-state index contributed by atoms with van der Waals surface area (Å²) in [4.78, 5) is 22.8. The minimum atomic E-state index is -6.03. The van der Waals surface area contributed by atoms with Gasteiger partial charge < -0.3 is 9.29 Å². The van der Waals surface area contributed by atoms with Crippen LogP contribution in [0.5, 0.6) is 0 Å². The lowest BCUT2D eigenvalue weighted by Gasteiger charge is -2.27. The van der Waals surface area contributed by atoms with E-state index in [2.05, 4.69) is 26.9 Å². The molecule has 2 rings (SSSR count). The minimum absolute atomic E-state index is 0.306. The number of Topliss-reactive ketones (excluding diaryl/α,β-unsaturated/α-hetero) is 1. The van der Waals surface area contributed by atoms with Gasteiger partial charge in [-0.3, -0.25) is 4.79 Å². The number of halogens is 3. The fraction of sp³-hybridized carbons (Fsp3) is 0.935. The summed E-state index contributed by atoms with van der Waals surface area (Å²) in [6.45, 7) is -0.306. The molecular formula is C31H55BrF2O6S2. The van der Waals surface area contributed by atoms with Crippen molar-refractivity contribution in [3.05, 3.63) is 0 Å². The van der Waals surface area contributed by atoms with Crippen molar-refractivity contribution < 1.29 is 36.1 Å². The third kappa shape index (κ3) is 16.7. The molecule has 0 aromatic heterocycles. The second kappa shape index (κ2) is 23.1. The third-order valence-electron chi connectivity index (χ3n) is 8.34. The highest BCUT2D eigenvalue weighted by Gasteiger charge is 2.48. The first-order chi connectivity index (χ1) is 20.0. The van der Waals surface area contributed by atoms with Gasteiger partial charge in [0.15, 0.2) is 21.2 Å². The summed E-state index contributed by atoms with van der Waals surface area (Å²) < 4.78 is 60.6. The lowest BCUT2D eigenvalue weighted by Crippen LogP contribution is -2.39. The Hall–Kier alpha value is -0.260. The van der Waals surface area contributed by atoms with E-state index in [1.54, 1.807) is 0 Å². The van der Waals surface area contributed by atoms with Gasteiger partial charge in [-0.1, -0.05) is 99.4 Å². The number of hydrogen-bond acceptors (Lipinski definition) is 6. The molecule has 42 heavy (non-hydrogen) atoms. The Labute approximate surface area is 265 Å². The molecule has 0 spiro atoms. The number of ketones is 1. The van der Waals surface area contributed by atoms with Gasteiger partial charge >= 0.3 is 11.2 Å². The Bertz CT molecular complexity index is 837. The highest BCUT2D eigenvalue weighted by molar-refractivity contribution is 9.09. The zero-order chi connectivity index (χ0) is 31.3. The van der Waals surface area contributed by atoms with Gasteiger partial charge in [0.2, 0.25) is 0 Å². The molecule has 2 aliphatic carbocycles. The number of unbranched alkanes of at least 4 members (excludes halogenated alkanes) is 13. The molecule has 0 radical (unpaired) electrons. The molecule has 11 heteroatoms. The molecule has 248 valence electrons. The largest absolute Gasteiger partial charge is 0.743 e. The van der Waals surface area contributed by atoms with Crippen LogP contribution in [-0.2, 0) is 35.3 Å². The normalized spacial score (nSPS) is 19.2. The molecule has 6 nitrogen and oxygen atoms in total. The van der Waals surface area contributed by atoms with Crippen LogP contribution >= 0.6 is 15.9 Å². The minimum Gasteiger partial charge on any atom is -0.743 e. The smallest absolute Gasteiger partial charge is 0.428 e. The standard InChI is InChI=1S/C18H33BrF2O5S.C13H23OS/c19-15-13-11-9-7-5-3-1-2-4-6-8-10-12-14-16-26-17(22)18(20,21)27(23,24)25;1-15(11-7-3-2-4-8-11)13-10-6-5-9-12(13)14/h1-16H2,(H,23,24,25);11,13H,2-10H2,1H3/q;+1/p-1. The Morgan fingerprint density at radius 3 is 1.74 bits per heavy atom. The van der Waals surface area contributed by atoms with Crippen molar-refractivity contribution in [1.82, 2.24) is 0 Å². The fourth-order valence-electron chi connectivity index (χ4n) is 5.68. The number of carbonyl (C=O) groups is 2. The number of carbonyl (C=O) groups excluding carboxylic acids is 2. The van der Waals surface area contributed by atoms with E-state index in [4.69, 9.17) is 0 Å². The molecular weight excluding hydrogens is 650 g/mol. The van der Waals surface area contributed by atoms with E-state index >= 15 is 0 Å². The highest BCUT2D eigenvalue weighted by Crippen LogP contribution is 2.31. The van der Waals surface area contributed by atoms with Gasteiger partial charge in [-0.15, -0.1) is 0 Å². The van der Waals surface area contributed by atoms with E-state index in [1.807, 2.05) is 0 Å². The highest BCUT2D eigenvalue weighted by atomic mass is 79.9. The van der Waals surface area contributed by atoms with E-state index in [1.165, 1.54) is 103 Å². The van der Waals surface area contributed by atoms with Crippen molar-refractivity contribution >= 4 is 48.7 Å². The molecule has 0 amide bonds. The van der Waals surface area contributed by atoms with Crippen LogP contribution in [0, 0.1) is 0 Å². The summed E-state index contributed by atoms with van der Waals surface area (Å²) in [6, 6.07) is 0. The van der Waals surface area contributed by atoms with Crippen LogP contribution in [0.1, 0.15) is 148 Å². The Balaban J connectivity index is 0.000000488. The maximum atomic E-state index is 12.8. The van der Waals surface area contributed by atoms with Crippen LogP contribution in [0.25, 0.3) is 0 Å². The molecule has 0 aromatic rings. The first-order valence-corrected chi connectivity index (χ1v) is 20.5. The van der Waals surface area contributed by atoms with E-state index in [-0.39, 0.29) is 6.61 Å². The lowest BCUT2D eigenvalue weighted by atomic mass is 9.99. The van der Waals surface area contributed by atoms with Gasteiger partial charge in [0, 0.05) is 18.2 Å². The fourth-order valence-corrected chi connectivity index (χ4v) is 8.95. The van der Waals surface area contributed by atoms with Gasteiger partial charge in [0.25, 0.3) is 0 Å². The predicted octanol–water partition coefficient (Wildman–Crippen LogP) is 8.60. The average Bonchev–Trinajstić information content (AvgIpc) is 2.97. The van der Waals surface area contributed by atoms with Gasteiger partial charge in [-0.2, -0.15) is 8.78 Å². The maximum Gasteiger partial charge on any atom is 0.428 e. The number of hydrogen-bond donors (Lipinski definition) is 0. The predicted molar refractivity (Wildman–Crippen MR) is 171 cm³/mol. The summed E-state index contributed by atoms with van der Waals surface area (Å²) in [5, 5.41) is -2.59. The van der Waals surface area contributed by atoms with Crippen molar-refractivity contribution in [2.24, 2.45) is 0 Å². The summed E-state index contributed by atoms with van der Waals surface area (Å²) in [5.74, 6) is -1.71. The van der Waals surface area contributed by atoms with Crippen LogP contribution in [0.2, 0.25) is 0 Å². The molecule has 0 N–H and O–H groups in total. The summed E-state index contributed by atoms with van der Waals surface area (Å²) in [7, 11) is -5.66. The Kier molecular flexibility index (Phi) is 21.9. The third-order valence-corrected chi connectivity index (χ3v) is 12.6. The molecule has 2 aliphatic rings. The Morgan fingerprint density at radius 2 is 1.29 bits per heavy atom. The maximum absolute atomic E-state index is 12.8. The first kappa shape index (κ1) is 39.8. The first-order valence-electron chi connectivity index (χ1n) is 16.2. The van der Waals surface area contributed by atoms with Crippen LogP contribution in [-0.4, -0.2) is 58.7 Å². The summed E-state index contributed by atoms with van der Waals surface area (Å²) in [5.41, 5.74) is 0. The molecule has 2 atom stereocenters. The van der Waals surface area contributed by atoms with Crippen molar-refractivity contribution in [3.63, 3.8) is 0 Å². The van der Waals surface area contributed by atoms with Gasteiger partial charge in [0.05, 0.1) is 12.9 Å². The molecule has 0 saturated heterocycles. The zero-order valence-electron chi connectivity index (χ0n) is 25.7. The summed E-state index contributed by atoms with van der Waals surface area (Å²) in [6.07, 6.45) is 29.5. The van der Waals surface area contributed by atoms with Gasteiger partial charge in [0.1, 0.15) is 5.25 Å². The SMILES string of the molecule is C[S+](C1CCCCC1)C1CCCCC1=O.O=C(OCCCCCCCCCCCCCCCCBr)C(F)(F)S(=O)(=O)[O-].